The maximum atomic E-state index is 12.8. The van der Waals surface area contributed by atoms with Gasteiger partial charge in [0.2, 0.25) is 0 Å². The van der Waals surface area contributed by atoms with Crippen LogP contribution in [0.25, 0.3) is 0 Å². The van der Waals surface area contributed by atoms with E-state index in [-0.39, 0.29) is 6.61 Å². The minimum atomic E-state index is -1.20. The van der Waals surface area contributed by atoms with E-state index in [1.807, 2.05) is 0 Å². The van der Waals surface area contributed by atoms with Crippen molar-refractivity contribution >= 4 is 18.0 Å². The summed E-state index contributed by atoms with van der Waals surface area (Å²) in [7, 11) is 1.21. The summed E-state index contributed by atoms with van der Waals surface area (Å²) < 4.78 is 10.1. The van der Waals surface area contributed by atoms with Gasteiger partial charge in [0, 0.05) is 23.7 Å². The van der Waals surface area contributed by atoms with Crippen LogP contribution in [0.5, 0.6) is 0 Å². The SMILES string of the molecule is COC(=O)C(NC(=O)c1ccc(C#CC#CC2CC(CO)C2)cc1)C(C)(C)NC(=O)OC(C)(C)C. The first-order valence-electron chi connectivity index (χ1n) is 11.5. The number of aliphatic hydroxyl groups excluding tert-OH is 1. The Morgan fingerprint density at radius 3 is 2.26 bits per heavy atom. The minimum Gasteiger partial charge on any atom is -0.467 e. The Balaban J connectivity index is 2.04. The molecule has 0 heterocycles. The average Bonchev–Trinajstić information content (AvgIpc) is 2.73. The lowest BCUT2D eigenvalue weighted by Crippen LogP contribution is -2.62. The zero-order chi connectivity index (χ0) is 26.2. The Bertz CT molecular complexity index is 1040. The van der Waals surface area contributed by atoms with Crippen molar-refractivity contribution in [1.82, 2.24) is 10.6 Å². The average molecular weight is 483 g/mol. The van der Waals surface area contributed by atoms with Crippen molar-refractivity contribution in [2.24, 2.45) is 11.8 Å². The molecule has 1 aliphatic rings. The van der Waals surface area contributed by atoms with Crippen LogP contribution in [0.2, 0.25) is 0 Å². The highest BCUT2D eigenvalue weighted by Gasteiger charge is 2.40. The molecule has 35 heavy (non-hydrogen) atoms. The topological polar surface area (TPSA) is 114 Å². The molecule has 1 fully saturated rings. The van der Waals surface area contributed by atoms with Crippen molar-refractivity contribution in [3.8, 4) is 23.7 Å². The van der Waals surface area contributed by atoms with E-state index in [1.54, 1.807) is 58.9 Å². The lowest BCUT2D eigenvalue weighted by atomic mass is 9.76. The summed E-state index contributed by atoms with van der Waals surface area (Å²) in [5.74, 6) is 11.1. The van der Waals surface area contributed by atoms with E-state index in [0.29, 0.717) is 23.0 Å². The Hall–Kier alpha value is -3.49. The van der Waals surface area contributed by atoms with Crippen molar-refractivity contribution in [3.63, 3.8) is 0 Å². The third kappa shape index (κ3) is 8.66. The monoisotopic (exact) mass is 482 g/mol. The van der Waals surface area contributed by atoms with Crippen LogP contribution in [-0.2, 0) is 14.3 Å². The fraction of sp³-hybridized carbons (Fsp3) is 0.519. The van der Waals surface area contributed by atoms with Gasteiger partial charge < -0.3 is 25.2 Å². The summed E-state index contributed by atoms with van der Waals surface area (Å²) in [4.78, 5) is 37.5. The van der Waals surface area contributed by atoms with Crippen LogP contribution in [-0.4, -0.2) is 54.0 Å². The van der Waals surface area contributed by atoms with Crippen LogP contribution in [0.15, 0.2) is 24.3 Å². The standard InChI is InChI=1S/C27H34N2O6/c1-26(2,3)35-25(33)29-27(4,5)22(24(32)34-6)28-23(31)21-13-11-18(12-14-21)9-7-8-10-19-15-20(16-19)17-30/h11-14,19-20,22,30H,15-17H2,1-6H3,(H,28,31)(H,29,33). The molecule has 8 nitrogen and oxygen atoms in total. The number of hydrogen-bond acceptors (Lipinski definition) is 6. The molecular weight excluding hydrogens is 448 g/mol. The number of methoxy groups -OCH3 is 1. The molecule has 0 bridgehead atoms. The number of nitrogens with one attached hydrogen (secondary N) is 2. The third-order valence-corrected chi connectivity index (χ3v) is 5.44. The van der Waals surface area contributed by atoms with Crippen LogP contribution < -0.4 is 10.6 Å². The Labute approximate surface area is 207 Å². The molecule has 0 aliphatic heterocycles. The molecule has 1 atom stereocenters. The summed E-state index contributed by atoms with van der Waals surface area (Å²) >= 11 is 0. The van der Waals surface area contributed by atoms with Gasteiger partial charge in [-0.2, -0.15) is 0 Å². The predicted molar refractivity (Wildman–Crippen MR) is 131 cm³/mol. The molecule has 1 aromatic carbocycles. The van der Waals surface area contributed by atoms with E-state index in [0.717, 1.165) is 12.8 Å². The van der Waals surface area contributed by atoms with Crippen LogP contribution >= 0.6 is 0 Å². The van der Waals surface area contributed by atoms with Crippen LogP contribution in [0.1, 0.15) is 63.4 Å². The lowest BCUT2D eigenvalue weighted by Gasteiger charge is -2.34. The third-order valence-electron chi connectivity index (χ3n) is 5.44. The van der Waals surface area contributed by atoms with E-state index < -0.39 is 35.2 Å². The number of carbonyl (C=O) groups excluding carboxylic acids is 3. The summed E-state index contributed by atoms with van der Waals surface area (Å²) in [6.45, 7) is 8.56. The molecule has 0 aromatic heterocycles. The van der Waals surface area contributed by atoms with E-state index in [9.17, 15) is 14.4 Å². The molecule has 2 rings (SSSR count). The van der Waals surface area contributed by atoms with Gasteiger partial charge in [0.15, 0.2) is 0 Å². The molecule has 3 N–H and O–H groups in total. The van der Waals surface area contributed by atoms with E-state index in [4.69, 9.17) is 14.6 Å². The first kappa shape index (κ1) is 27.8. The van der Waals surface area contributed by atoms with E-state index >= 15 is 0 Å². The number of aliphatic hydroxyl groups is 1. The van der Waals surface area contributed by atoms with Crippen LogP contribution in [0.4, 0.5) is 4.79 Å². The summed E-state index contributed by atoms with van der Waals surface area (Å²) in [6, 6.07) is 5.39. The van der Waals surface area contributed by atoms with Gasteiger partial charge >= 0.3 is 12.1 Å². The second-order valence-corrected chi connectivity index (χ2v) is 10.1. The zero-order valence-corrected chi connectivity index (χ0v) is 21.2. The van der Waals surface area contributed by atoms with E-state index in [1.165, 1.54) is 7.11 Å². The first-order chi connectivity index (χ1) is 16.3. The number of ether oxygens (including phenoxy) is 2. The molecule has 1 aromatic rings. The van der Waals surface area contributed by atoms with Gasteiger partial charge in [-0.05, 0) is 89.5 Å². The molecule has 188 valence electrons. The number of benzene rings is 1. The van der Waals surface area contributed by atoms with Gasteiger partial charge in [-0.25, -0.2) is 9.59 Å². The molecule has 8 heteroatoms. The van der Waals surface area contributed by atoms with Crippen LogP contribution in [0, 0.1) is 35.5 Å². The Morgan fingerprint density at radius 2 is 1.71 bits per heavy atom. The van der Waals surface area contributed by atoms with Crippen molar-refractivity contribution in [2.75, 3.05) is 13.7 Å². The summed E-state index contributed by atoms with van der Waals surface area (Å²) in [5.41, 5.74) is -0.921. The second-order valence-electron chi connectivity index (χ2n) is 10.1. The van der Waals surface area contributed by atoms with Gasteiger partial charge in [0.1, 0.15) is 11.6 Å². The highest BCUT2D eigenvalue weighted by Crippen LogP contribution is 2.32. The van der Waals surface area contributed by atoms with Crippen molar-refractivity contribution in [2.45, 2.75) is 64.6 Å². The molecule has 1 aliphatic carbocycles. The maximum Gasteiger partial charge on any atom is 0.408 e. The fourth-order valence-electron chi connectivity index (χ4n) is 3.45. The van der Waals surface area contributed by atoms with Crippen LogP contribution in [0.3, 0.4) is 0 Å². The fourth-order valence-corrected chi connectivity index (χ4v) is 3.45. The molecular formula is C27H34N2O6. The summed E-state index contributed by atoms with van der Waals surface area (Å²) in [5, 5.41) is 14.3. The number of rotatable bonds is 6. The molecule has 1 unspecified atom stereocenters. The largest absolute Gasteiger partial charge is 0.467 e. The van der Waals surface area contributed by atoms with Crippen molar-refractivity contribution in [3.05, 3.63) is 35.4 Å². The number of alkyl carbamates (subject to hydrolysis) is 1. The molecule has 0 saturated heterocycles. The summed E-state index contributed by atoms with van der Waals surface area (Å²) in [6.07, 6.45) is 1.10. The molecule has 1 saturated carbocycles. The minimum absolute atomic E-state index is 0.210. The van der Waals surface area contributed by atoms with E-state index in [2.05, 4.69) is 34.3 Å². The lowest BCUT2D eigenvalue weighted by molar-refractivity contribution is -0.144. The number of carbonyl (C=O) groups is 3. The predicted octanol–water partition coefficient (Wildman–Crippen LogP) is 2.63. The van der Waals surface area contributed by atoms with Gasteiger partial charge in [-0.1, -0.05) is 11.8 Å². The Morgan fingerprint density at radius 1 is 1.09 bits per heavy atom. The van der Waals surface area contributed by atoms with Gasteiger partial charge in [-0.3, -0.25) is 4.79 Å². The number of amides is 2. The zero-order valence-electron chi connectivity index (χ0n) is 21.2. The molecule has 2 amide bonds. The first-order valence-corrected chi connectivity index (χ1v) is 11.5. The van der Waals surface area contributed by atoms with Gasteiger partial charge in [0.05, 0.1) is 12.6 Å². The number of esters is 1. The Kier molecular flexibility index (Phi) is 9.33. The second kappa shape index (κ2) is 11.8. The maximum absolute atomic E-state index is 12.8. The normalized spacial score (nSPS) is 17.8. The smallest absolute Gasteiger partial charge is 0.408 e. The molecule has 0 spiro atoms. The van der Waals surface area contributed by atoms with Gasteiger partial charge in [0.25, 0.3) is 5.91 Å². The quantitative estimate of drug-likeness (QED) is 0.424. The van der Waals surface area contributed by atoms with Gasteiger partial charge in [-0.15, -0.1) is 0 Å². The van der Waals surface area contributed by atoms with Crippen molar-refractivity contribution in [1.29, 1.82) is 0 Å². The van der Waals surface area contributed by atoms with Crippen molar-refractivity contribution < 1.29 is 29.0 Å². The molecule has 0 radical (unpaired) electrons. The number of hydrogen-bond donors (Lipinski definition) is 3. The highest BCUT2D eigenvalue weighted by molar-refractivity contribution is 5.97. The highest BCUT2D eigenvalue weighted by atomic mass is 16.6.